The summed E-state index contributed by atoms with van der Waals surface area (Å²) < 4.78 is 5.57. The lowest BCUT2D eigenvalue weighted by Crippen LogP contribution is -2.42. The summed E-state index contributed by atoms with van der Waals surface area (Å²) in [5, 5.41) is 12.9. The van der Waals surface area contributed by atoms with Crippen molar-refractivity contribution in [2.75, 3.05) is 24.4 Å². The first kappa shape index (κ1) is 21.5. The van der Waals surface area contributed by atoms with Gasteiger partial charge in [0.15, 0.2) is 0 Å². The Balaban J connectivity index is 2.01. The Bertz CT molecular complexity index is 1090. The van der Waals surface area contributed by atoms with Crippen LogP contribution < -0.4 is 15.0 Å². The van der Waals surface area contributed by atoms with Crippen molar-refractivity contribution in [1.29, 1.82) is 5.26 Å². The average molecular weight is 422 g/mol. The molecule has 0 saturated heterocycles. The lowest BCUT2D eigenvalue weighted by molar-refractivity contribution is -0.112. The summed E-state index contributed by atoms with van der Waals surface area (Å²) in [5.41, 5.74) is 4.29. The van der Waals surface area contributed by atoms with Crippen molar-refractivity contribution in [1.82, 2.24) is 0 Å². The monoisotopic (exact) mass is 421 g/mol. The quantitative estimate of drug-likeness (QED) is 0.521. The number of amides is 1. The minimum atomic E-state index is -0.495. The summed E-state index contributed by atoms with van der Waals surface area (Å²) in [7, 11) is 3.62. The smallest absolute Gasteiger partial charge is 0.266 e. The molecule has 1 heterocycles. The Hall–Kier alpha value is -3.23. The third-order valence-corrected chi connectivity index (χ3v) is 5.59. The van der Waals surface area contributed by atoms with Crippen LogP contribution in [-0.2, 0) is 4.79 Å². The van der Waals surface area contributed by atoms with Crippen molar-refractivity contribution in [3.8, 4) is 11.8 Å². The summed E-state index contributed by atoms with van der Waals surface area (Å²) in [6.07, 6.45) is 3.76. The normalized spacial score (nSPS) is 15.0. The molecular formula is C24H24ClN3O2. The number of carbonyl (C=O) groups excluding carboxylic acids is 1. The van der Waals surface area contributed by atoms with Gasteiger partial charge in [-0.25, -0.2) is 0 Å². The van der Waals surface area contributed by atoms with E-state index in [1.165, 1.54) is 0 Å². The third kappa shape index (κ3) is 4.19. The Morgan fingerprint density at radius 2 is 1.93 bits per heavy atom. The van der Waals surface area contributed by atoms with Gasteiger partial charge in [-0.1, -0.05) is 17.7 Å². The van der Waals surface area contributed by atoms with E-state index < -0.39 is 5.91 Å². The van der Waals surface area contributed by atoms with Crippen molar-refractivity contribution in [2.45, 2.75) is 26.3 Å². The number of hydrogen-bond donors (Lipinski definition) is 1. The first-order valence-corrected chi connectivity index (χ1v) is 9.88. The van der Waals surface area contributed by atoms with Gasteiger partial charge in [0.05, 0.1) is 12.6 Å². The number of carbonyl (C=O) groups is 1. The van der Waals surface area contributed by atoms with E-state index in [0.29, 0.717) is 22.0 Å². The van der Waals surface area contributed by atoms with Gasteiger partial charge in [0, 0.05) is 40.6 Å². The number of nitriles is 1. The zero-order valence-electron chi connectivity index (χ0n) is 17.7. The molecule has 1 aliphatic rings. The van der Waals surface area contributed by atoms with Gasteiger partial charge in [0.2, 0.25) is 0 Å². The van der Waals surface area contributed by atoms with E-state index in [0.717, 1.165) is 16.8 Å². The molecule has 0 fully saturated rings. The van der Waals surface area contributed by atoms with Crippen LogP contribution in [0.15, 0.2) is 48.0 Å². The molecule has 0 spiro atoms. The van der Waals surface area contributed by atoms with Crippen molar-refractivity contribution < 1.29 is 9.53 Å². The molecule has 1 amide bonds. The summed E-state index contributed by atoms with van der Waals surface area (Å²) in [6, 6.07) is 12.6. The minimum Gasteiger partial charge on any atom is -0.496 e. The van der Waals surface area contributed by atoms with E-state index in [1.807, 2.05) is 25.2 Å². The number of hydrogen-bond acceptors (Lipinski definition) is 4. The van der Waals surface area contributed by atoms with Crippen LogP contribution in [-0.4, -0.2) is 25.6 Å². The van der Waals surface area contributed by atoms with Gasteiger partial charge in [-0.2, -0.15) is 5.26 Å². The second-order valence-corrected chi connectivity index (χ2v) is 8.22. The van der Waals surface area contributed by atoms with Gasteiger partial charge in [0.25, 0.3) is 5.91 Å². The van der Waals surface area contributed by atoms with Crippen LogP contribution in [0.3, 0.4) is 0 Å². The number of methoxy groups -OCH3 is 1. The maximum atomic E-state index is 12.6. The molecule has 0 radical (unpaired) electrons. The number of anilines is 2. The second kappa shape index (κ2) is 8.25. The van der Waals surface area contributed by atoms with Gasteiger partial charge >= 0.3 is 0 Å². The molecule has 3 rings (SSSR count). The van der Waals surface area contributed by atoms with Crippen LogP contribution in [0.25, 0.3) is 11.6 Å². The molecule has 154 valence electrons. The number of allylic oxidation sites excluding steroid dienone is 1. The van der Waals surface area contributed by atoms with Crippen LogP contribution in [0.5, 0.6) is 5.75 Å². The number of halogens is 1. The standard InChI is InChI=1S/C24H24ClN3O2/c1-15-13-24(2,3)28(4)21-12-22(30-5)16(11-20(15)21)10-17(14-26)23(29)27-19-8-6-18(25)7-9-19/h6-13H,1-5H3,(H,27,29)/b17-10+. The van der Waals surface area contributed by atoms with Gasteiger partial charge in [0.1, 0.15) is 17.4 Å². The van der Waals surface area contributed by atoms with Crippen molar-refractivity contribution in [3.63, 3.8) is 0 Å². The highest BCUT2D eigenvalue weighted by Crippen LogP contribution is 2.41. The van der Waals surface area contributed by atoms with Crippen LogP contribution >= 0.6 is 11.6 Å². The van der Waals surface area contributed by atoms with E-state index in [1.54, 1.807) is 37.5 Å². The summed E-state index contributed by atoms with van der Waals surface area (Å²) >= 11 is 5.88. The Morgan fingerprint density at radius 3 is 2.53 bits per heavy atom. The molecule has 30 heavy (non-hydrogen) atoms. The molecule has 1 aliphatic heterocycles. The number of benzene rings is 2. The zero-order valence-corrected chi connectivity index (χ0v) is 18.5. The Kier molecular flexibility index (Phi) is 5.91. The minimum absolute atomic E-state index is 0.0191. The van der Waals surface area contributed by atoms with E-state index in [9.17, 15) is 10.1 Å². The fourth-order valence-corrected chi connectivity index (χ4v) is 3.65. The lowest BCUT2D eigenvalue weighted by atomic mass is 9.88. The maximum Gasteiger partial charge on any atom is 0.266 e. The first-order chi connectivity index (χ1) is 14.2. The molecule has 0 aromatic heterocycles. The molecule has 0 bridgehead atoms. The molecular weight excluding hydrogens is 398 g/mol. The van der Waals surface area contributed by atoms with Gasteiger partial charge in [-0.15, -0.1) is 0 Å². The van der Waals surface area contributed by atoms with Gasteiger partial charge in [-0.05, 0) is 62.8 Å². The second-order valence-electron chi connectivity index (χ2n) is 7.78. The molecule has 0 aliphatic carbocycles. The Labute approximate surface area is 182 Å². The molecule has 0 atom stereocenters. The predicted molar refractivity (Wildman–Crippen MR) is 123 cm³/mol. The van der Waals surface area contributed by atoms with Crippen LogP contribution in [0.1, 0.15) is 31.9 Å². The van der Waals surface area contributed by atoms with E-state index in [4.69, 9.17) is 16.3 Å². The van der Waals surface area contributed by atoms with E-state index in [2.05, 4.69) is 37.1 Å². The molecule has 0 unspecified atom stereocenters. The Morgan fingerprint density at radius 1 is 1.27 bits per heavy atom. The zero-order chi connectivity index (χ0) is 22.1. The average Bonchev–Trinajstić information content (AvgIpc) is 2.71. The van der Waals surface area contributed by atoms with Crippen molar-refractivity contribution in [3.05, 3.63) is 64.2 Å². The SMILES string of the molecule is COc1cc2c(cc1/C=C(\C#N)C(=O)Nc1ccc(Cl)cc1)C(C)=CC(C)(C)N2C. The molecule has 6 heteroatoms. The van der Waals surface area contributed by atoms with Gasteiger partial charge in [-0.3, -0.25) is 4.79 Å². The number of nitrogens with zero attached hydrogens (tertiary/aromatic N) is 2. The number of ether oxygens (including phenoxy) is 1. The maximum absolute atomic E-state index is 12.6. The molecule has 2 aromatic carbocycles. The topological polar surface area (TPSA) is 65.4 Å². The highest BCUT2D eigenvalue weighted by atomic mass is 35.5. The first-order valence-electron chi connectivity index (χ1n) is 9.50. The molecule has 1 N–H and O–H groups in total. The number of fused-ring (bicyclic) bond motifs is 1. The lowest BCUT2D eigenvalue weighted by Gasteiger charge is -2.41. The third-order valence-electron chi connectivity index (χ3n) is 5.34. The highest BCUT2D eigenvalue weighted by molar-refractivity contribution is 6.30. The highest BCUT2D eigenvalue weighted by Gasteiger charge is 2.29. The molecule has 5 nitrogen and oxygen atoms in total. The van der Waals surface area contributed by atoms with Crippen LogP contribution in [0, 0.1) is 11.3 Å². The van der Waals surface area contributed by atoms with Crippen molar-refractivity contribution >= 4 is 40.5 Å². The fourth-order valence-electron chi connectivity index (χ4n) is 3.52. The largest absolute Gasteiger partial charge is 0.496 e. The predicted octanol–water partition coefficient (Wildman–Crippen LogP) is 5.53. The molecule has 2 aromatic rings. The number of likely N-dealkylation sites (N-methyl/N-ethyl adjacent to an activating group) is 1. The van der Waals surface area contributed by atoms with Gasteiger partial charge < -0.3 is 15.0 Å². The van der Waals surface area contributed by atoms with Crippen LogP contribution in [0.4, 0.5) is 11.4 Å². The summed E-state index contributed by atoms with van der Waals surface area (Å²) in [6.45, 7) is 6.36. The van der Waals surface area contributed by atoms with E-state index in [-0.39, 0.29) is 11.1 Å². The summed E-state index contributed by atoms with van der Waals surface area (Å²) in [5.74, 6) is 0.100. The van der Waals surface area contributed by atoms with E-state index >= 15 is 0 Å². The molecule has 0 saturated carbocycles. The fraction of sp³-hybridized carbons (Fsp3) is 0.250. The van der Waals surface area contributed by atoms with Crippen LogP contribution in [0.2, 0.25) is 5.02 Å². The summed E-state index contributed by atoms with van der Waals surface area (Å²) in [4.78, 5) is 14.8. The van der Waals surface area contributed by atoms with Crippen molar-refractivity contribution in [2.24, 2.45) is 0 Å². The number of rotatable bonds is 4. The number of nitrogens with one attached hydrogen (secondary N) is 1.